The van der Waals surface area contributed by atoms with Crippen molar-refractivity contribution in [3.63, 3.8) is 0 Å². The largest absolute Gasteiger partial charge is 0.378 e. The van der Waals surface area contributed by atoms with Crippen molar-refractivity contribution in [2.24, 2.45) is 0 Å². The minimum absolute atomic E-state index is 0.404. The van der Waals surface area contributed by atoms with Gasteiger partial charge in [0.05, 0.1) is 17.2 Å². The number of thioether (sulfide) groups is 1. The maximum atomic E-state index is 11.0. The number of rotatable bonds is 4. The van der Waals surface area contributed by atoms with Gasteiger partial charge in [0.25, 0.3) is 0 Å². The third-order valence-electron chi connectivity index (χ3n) is 2.72. The first-order chi connectivity index (χ1) is 8.26. The van der Waals surface area contributed by atoms with Crippen LogP contribution in [0, 0.1) is 0 Å². The van der Waals surface area contributed by atoms with Crippen LogP contribution in [0.2, 0.25) is 0 Å². The van der Waals surface area contributed by atoms with Crippen molar-refractivity contribution >= 4 is 34.5 Å². The second kappa shape index (κ2) is 5.84. The Morgan fingerprint density at radius 1 is 1.65 bits per heavy atom. The van der Waals surface area contributed by atoms with Gasteiger partial charge in [-0.15, -0.1) is 0 Å². The van der Waals surface area contributed by atoms with Crippen molar-refractivity contribution in [3.8, 4) is 0 Å². The number of carbonyl (C=O) groups is 1. The number of anilines is 1. The lowest BCUT2D eigenvalue weighted by Gasteiger charge is -2.32. The summed E-state index contributed by atoms with van der Waals surface area (Å²) in [7, 11) is 1.62. The van der Waals surface area contributed by atoms with Gasteiger partial charge >= 0.3 is 0 Å². The monoisotopic (exact) mass is 272 g/mol. The molecule has 0 aliphatic carbocycles. The molecular formula is C11H16N2O2S2. The molecule has 0 N–H and O–H groups in total. The highest BCUT2D eigenvalue weighted by atomic mass is 32.2. The smallest absolute Gasteiger partial charge is 0.186 e. The molecule has 1 aliphatic rings. The summed E-state index contributed by atoms with van der Waals surface area (Å²) in [6.45, 7) is 3.61. The van der Waals surface area contributed by atoms with Crippen LogP contribution in [0.3, 0.4) is 0 Å². The summed E-state index contributed by atoms with van der Waals surface area (Å²) in [5.41, 5.74) is 0.757. The van der Waals surface area contributed by atoms with Crippen molar-refractivity contribution in [1.29, 1.82) is 0 Å². The fraction of sp³-hybridized carbons (Fsp3) is 0.636. The molecule has 94 valence electrons. The zero-order chi connectivity index (χ0) is 12.3. The molecule has 2 rings (SSSR count). The lowest BCUT2D eigenvalue weighted by molar-refractivity contribution is 0.112. The van der Waals surface area contributed by atoms with E-state index in [1.165, 1.54) is 11.3 Å². The van der Waals surface area contributed by atoms with Crippen molar-refractivity contribution in [3.05, 3.63) is 10.6 Å². The molecule has 0 amide bonds. The second-order valence-electron chi connectivity index (χ2n) is 3.98. The maximum Gasteiger partial charge on any atom is 0.186 e. The number of thiazole rings is 1. The van der Waals surface area contributed by atoms with E-state index in [-0.39, 0.29) is 0 Å². The SMILES string of the molecule is COCc1nc(N2CCSCC2C)sc1C=O. The Balaban J connectivity index is 2.22. The van der Waals surface area contributed by atoms with E-state index in [4.69, 9.17) is 4.74 Å². The fourth-order valence-electron chi connectivity index (χ4n) is 1.82. The molecule has 4 nitrogen and oxygen atoms in total. The van der Waals surface area contributed by atoms with Gasteiger partial charge in [0.2, 0.25) is 0 Å². The lowest BCUT2D eigenvalue weighted by atomic mass is 10.3. The lowest BCUT2D eigenvalue weighted by Crippen LogP contribution is -2.40. The quantitative estimate of drug-likeness (QED) is 0.785. The third kappa shape index (κ3) is 2.81. The van der Waals surface area contributed by atoms with Gasteiger partial charge in [-0.2, -0.15) is 11.8 Å². The van der Waals surface area contributed by atoms with Crippen LogP contribution in [-0.2, 0) is 11.3 Å². The molecule has 1 aromatic rings. The van der Waals surface area contributed by atoms with Crippen LogP contribution in [0.5, 0.6) is 0 Å². The Morgan fingerprint density at radius 2 is 2.47 bits per heavy atom. The first kappa shape index (κ1) is 12.9. The molecule has 17 heavy (non-hydrogen) atoms. The summed E-state index contributed by atoms with van der Waals surface area (Å²) < 4.78 is 5.06. The van der Waals surface area contributed by atoms with Crippen molar-refractivity contribution < 1.29 is 9.53 Å². The van der Waals surface area contributed by atoms with Gasteiger partial charge in [0.1, 0.15) is 0 Å². The molecule has 1 aromatic heterocycles. The fourth-order valence-corrected chi connectivity index (χ4v) is 3.84. The predicted octanol–water partition coefficient (Wildman–Crippen LogP) is 2.04. The number of aromatic nitrogens is 1. The second-order valence-corrected chi connectivity index (χ2v) is 6.13. The highest BCUT2D eigenvalue weighted by Crippen LogP contribution is 2.30. The van der Waals surface area contributed by atoms with E-state index in [1.807, 2.05) is 11.8 Å². The molecule has 2 heterocycles. The Morgan fingerprint density at radius 3 is 3.12 bits per heavy atom. The molecular weight excluding hydrogens is 256 g/mol. The predicted molar refractivity (Wildman–Crippen MR) is 72.3 cm³/mol. The summed E-state index contributed by atoms with van der Waals surface area (Å²) >= 11 is 3.44. The van der Waals surface area contributed by atoms with Crippen LogP contribution >= 0.6 is 23.1 Å². The minimum Gasteiger partial charge on any atom is -0.378 e. The van der Waals surface area contributed by atoms with E-state index in [2.05, 4.69) is 16.8 Å². The Bertz CT molecular complexity index is 395. The molecule has 1 unspecified atom stereocenters. The molecule has 1 aliphatic heterocycles. The van der Waals surface area contributed by atoms with Crippen LogP contribution in [0.4, 0.5) is 5.13 Å². The molecule has 1 fully saturated rings. The van der Waals surface area contributed by atoms with E-state index in [9.17, 15) is 4.79 Å². The van der Waals surface area contributed by atoms with Crippen LogP contribution in [-0.4, -0.2) is 42.5 Å². The van der Waals surface area contributed by atoms with Crippen LogP contribution in [0.1, 0.15) is 22.3 Å². The Hall–Kier alpha value is -0.590. The number of carbonyl (C=O) groups excluding carboxylic acids is 1. The van der Waals surface area contributed by atoms with Gasteiger partial charge < -0.3 is 9.64 Å². The average molecular weight is 272 g/mol. The van der Waals surface area contributed by atoms with E-state index >= 15 is 0 Å². The first-order valence-corrected chi connectivity index (χ1v) is 7.51. The molecule has 1 saturated heterocycles. The number of ether oxygens (including phenoxy) is 1. The molecule has 0 spiro atoms. The van der Waals surface area contributed by atoms with Crippen LogP contribution in [0.15, 0.2) is 0 Å². The number of hydrogen-bond acceptors (Lipinski definition) is 6. The molecule has 0 saturated carbocycles. The maximum absolute atomic E-state index is 11.0. The molecule has 6 heteroatoms. The number of methoxy groups -OCH3 is 1. The topological polar surface area (TPSA) is 42.4 Å². The van der Waals surface area contributed by atoms with E-state index in [1.54, 1.807) is 7.11 Å². The zero-order valence-corrected chi connectivity index (χ0v) is 11.6. The van der Waals surface area contributed by atoms with Crippen molar-refractivity contribution in [1.82, 2.24) is 4.98 Å². The third-order valence-corrected chi connectivity index (χ3v) is 4.97. The van der Waals surface area contributed by atoms with Gasteiger partial charge in [-0.3, -0.25) is 4.79 Å². The van der Waals surface area contributed by atoms with Gasteiger partial charge in [0, 0.05) is 31.2 Å². The summed E-state index contributed by atoms with van der Waals surface area (Å²) in [6, 6.07) is 0.481. The number of aldehydes is 1. The summed E-state index contributed by atoms with van der Waals surface area (Å²) in [5, 5.41) is 0.951. The van der Waals surface area contributed by atoms with Crippen molar-refractivity contribution in [2.75, 3.05) is 30.1 Å². The van der Waals surface area contributed by atoms with Crippen LogP contribution < -0.4 is 4.90 Å². The first-order valence-electron chi connectivity index (χ1n) is 5.54. The van der Waals surface area contributed by atoms with E-state index in [0.29, 0.717) is 17.5 Å². The van der Waals surface area contributed by atoms with Gasteiger partial charge in [-0.1, -0.05) is 11.3 Å². The standard InChI is InChI=1S/C11H16N2O2S2/c1-8-7-16-4-3-13(8)11-12-9(6-15-2)10(5-14)17-11/h5,8H,3-4,6-7H2,1-2H3. The molecule has 0 radical (unpaired) electrons. The van der Waals surface area contributed by atoms with Gasteiger partial charge in [-0.05, 0) is 6.92 Å². The average Bonchev–Trinajstić information content (AvgIpc) is 2.73. The Labute approximate surface area is 109 Å². The molecule has 0 bridgehead atoms. The van der Waals surface area contributed by atoms with Crippen molar-refractivity contribution in [2.45, 2.75) is 19.6 Å². The van der Waals surface area contributed by atoms with Crippen LogP contribution in [0.25, 0.3) is 0 Å². The number of nitrogens with zero attached hydrogens (tertiary/aromatic N) is 2. The summed E-state index contributed by atoms with van der Waals surface area (Å²) in [4.78, 5) is 18.5. The highest BCUT2D eigenvalue weighted by Gasteiger charge is 2.23. The number of hydrogen-bond donors (Lipinski definition) is 0. The normalized spacial score (nSPS) is 20.6. The van der Waals surface area contributed by atoms with E-state index < -0.39 is 0 Å². The molecule has 0 aromatic carbocycles. The zero-order valence-electron chi connectivity index (χ0n) is 10.0. The van der Waals surface area contributed by atoms with Gasteiger partial charge in [-0.25, -0.2) is 4.98 Å². The Kier molecular flexibility index (Phi) is 4.42. The summed E-state index contributed by atoms with van der Waals surface area (Å²) in [5.74, 6) is 2.25. The minimum atomic E-state index is 0.404. The molecule has 1 atom stereocenters. The van der Waals surface area contributed by atoms with Gasteiger partial charge in [0.15, 0.2) is 11.4 Å². The van der Waals surface area contributed by atoms with E-state index in [0.717, 1.165) is 35.2 Å². The highest BCUT2D eigenvalue weighted by molar-refractivity contribution is 7.99. The summed E-state index contributed by atoms with van der Waals surface area (Å²) in [6.07, 6.45) is 0.874.